The fourth-order valence-corrected chi connectivity index (χ4v) is 0. The molecule has 0 fully saturated rings. The van der Waals surface area contributed by atoms with Gasteiger partial charge in [0.2, 0.25) is 0 Å². The van der Waals surface area contributed by atoms with Crippen LogP contribution in [0.5, 0.6) is 0 Å². The minimum Gasteiger partial charge on any atom is -0.418 e. The van der Waals surface area contributed by atoms with Gasteiger partial charge in [-0.15, -0.1) is 0 Å². The van der Waals surface area contributed by atoms with E-state index in [0.717, 1.165) is 0 Å². The molecular weight excluding hydrogens is 357 g/mol. The molecule has 19 heteroatoms. The Morgan fingerprint density at radius 1 is 0.476 bits per heavy atom. The summed E-state index contributed by atoms with van der Waals surface area (Å²) in [5, 5.41) is 7.21. The molecule has 0 aromatic carbocycles. The summed E-state index contributed by atoms with van der Waals surface area (Å²) >= 11 is 0. The molecule has 0 saturated carbocycles. The summed E-state index contributed by atoms with van der Waals surface area (Å²) in [6, 6.07) is 0. The lowest BCUT2D eigenvalue weighted by Gasteiger charge is -1.94. The molecule has 0 amide bonds. The number of halogens is 15. The zero-order chi connectivity index (χ0) is 18.7. The predicted octanol–water partition coefficient (Wildman–Crippen LogP) is 4.44. The molecule has 0 heterocycles. The van der Waals surface area contributed by atoms with Crippen LogP contribution >= 0.6 is 0 Å². The van der Waals surface area contributed by atoms with Gasteiger partial charge >= 0.3 is 21.8 Å². The first kappa shape index (κ1) is 28.3. The van der Waals surface area contributed by atoms with Crippen LogP contribution in [-0.4, -0.2) is 39.7 Å². The molecule has 0 aliphatic heterocycles. The molecule has 1 nitrogen and oxygen atoms in total. The smallest absolute Gasteiger partial charge is 0.418 e. The van der Waals surface area contributed by atoms with Gasteiger partial charge in [-0.25, -0.2) is 13.2 Å². The van der Waals surface area contributed by atoms with Crippen LogP contribution in [0.2, 0.25) is 0 Å². The second kappa shape index (κ2) is 11.7. The quantitative estimate of drug-likeness (QED) is 0.541. The van der Waals surface area contributed by atoms with E-state index >= 15 is 0 Å². The summed E-state index contributed by atoms with van der Waals surface area (Å²) in [6.45, 7) is 0. The molecule has 0 rings (SSSR count). The van der Waals surface area contributed by atoms with Gasteiger partial charge in [-0.2, -0.15) is 0 Å². The van der Waals surface area contributed by atoms with E-state index in [1.807, 2.05) is 0 Å². The average Bonchev–Trinajstić information content (AvgIpc) is 1.92. The van der Waals surface area contributed by atoms with E-state index in [-0.39, 0.29) is 0 Å². The molecule has 0 aromatic rings. The highest BCUT2D eigenvalue weighted by Gasteiger charge is 2.21. The van der Waals surface area contributed by atoms with E-state index < -0.39 is 34.5 Å². The minimum atomic E-state index is -6.00. The summed E-state index contributed by atoms with van der Waals surface area (Å²) in [7, 11) is -18.0. The second-order valence-corrected chi connectivity index (χ2v) is 2.19. The Balaban J connectivity index is -0.0000000921. The van der Waals surface area contributed by atoms with Crippen molar-refractivity contribution in [2.24, 2.45) is 0 Å². The van der Waals surface area contributed by atoms with Crippen molar-refractivity contribution in [3.05, 3.63) is 0 Å². The van der Waals surface area contributed by atoms with Crippen molar-refractivity contribution in [2.75, 3.05) is 0 Å². The summed E-state index contributed by atoms with van der Waals surface area (Å²) in [5.41, 5.74) is 0. The molecular formula is C2H3B3F15O-3. The number of aliphatic hydroxyl groups excluding tert-OH is 1. The standard InChI is InChI=1S/C2H3F3O.3BF4/c3-1(4)2(5)6;3*2-1(3,4)5/h1-2,6H;;;/q;3*-1. The zero-order valence-corrected chi connectivity index (χ0v) is 9.00. The molecule has 0 radical (unpaired) electrons. The van der Waals surface area contributed by atoms with Gasteiger partial charge in [0.15, 0.2) is 0 Å². The lowest BCUT2D eigenvalue weighted by atomic mass is 10.3. The summed E-state index contributed by atoms with van der Waals surface area (Å²) in [5.74, 6) is 0. The Hall–Kier alpha value is -0.895. The first-order valence-corrected chi connectivity index (χ1v) is 3.86. The number of hydrogen-bond donors (Lipinski definition) is 1. The van der Waals surface area contributed by atoms with Crippen molar-refractivity contribution in [3.8, 4) is 0 Å². The van der Waals surface area contributed by atoms with E-state index in [4.69, 9.17) is 5.11 Å². The van der Waals surface area contributed by atoms with Crippen LogP contribution in [0.1, 0.15) is 0 Å². The van der Waals surface area contributed by atoms with Crippen LogP contribution in [0.3, 0.4) is 0 Å². The Labute approximate surface area is 106 Å². The van der Waals surface area contributed by atoms with Gasteiger partial charge in [-0.05, 0) is 0 Å². The van der Waals surface area contributed by atoms with E-state index in [1.165, 1.54) is 0 Å². The van der Waals surface area contributed by atoms with Crippen molar-refractivity contribution in [3.63, 3.8) is 0 Å². The van der Waals surface area contributed by atoms with E-state index in [9.17, 15) is 65.0 Å². The molecule has 1 N–H and O–H groups in total. The van der Waals surface area contributed by atoms with E-state index in [0.29, 0.717) is 0 Å². The van der Waals surface area contributed by atoms with Gasteiger partial charge in [-0.1, -0.05) is 0 Å². The topological polar surface area (TPSA) is 20.2 Å². The number of aliphatic hydroxyl groups is 1. The third kappa shape index (κ3) is 580. The van der Waals surface area contributed by atoms with Gasteiger partial charge in [0.25, 0.3) is 12.8 Å². The SMILES string of the molecule is F[B-](F)(F)F.F[B-](F)(F)F.F[B-](F)(F)F.OC(F)C(F)F. The highest BCUT2D eigenvalue weighted by molar-refractivity contribution is 6.50. The van der Waals surface area contributed by atoms with Gasteiger partial charge < -0.3 is 56.9 Å². The maximum atomic E-state index is 10.6. The molecule has 1 unspecified atom stereocenters. The Morgan fingerprint density at radius 3 is 0.524 bits per heavy atom. The van der Waals surface area contributed by atoms with Crippen molar-refractivity contribution >= 4 is 21.8 Å². The molecule has 0 aromatic heterocycles. The maximum Gasteiger partial charge on any atom is 0.673 e. The lowest BCUT2D eigenvalue weighted by molar-refractivity contribution is -0.0843. The van der Waals surface area contributed by atoms with Crippen molar-refractivity contribution in [2.45, 2.75) is 12.8 Å². The molecule has 0 aliphatic carbocycles. The highest BCUT2D eigenvalue weighted by atomic mass is 19.5. The number of rotatable bonds is 1. The third-order valence-electron chi connectivity index (χ3n) is 0.208. The van der Waals surface area contributed by atoms with Gasteiger partial charge in [0.05, 0.1) is 0 Å². The Morgan fingerprint density at radius 2 is 0.524 bits per heavy atom. The van der Waals surface area contributed by atoms with Crippen molar-refractivity contribution < 1.29 is 70.1 Å². The summed E-state index contributed by atoms with van der Waals surface area (Å²) in [4.78, 5) is 0. The number of hydrogen-bond acceptors (Lipinski definition) is 1. The molecule has 21 heavy (non-hydrogen) atoms. The molecule has 0 bridgehead atoms. The summed E-state index contributed by atoms with van der Waals surface area (Å²) in [6.07, 6.45) is -6.24. The molecule has 0 aliphatic rings. The maximum absolute atomic E-state index is 10.6. The fraction of sp³-hybridized carbons (Fsp3) is 1.00. The van der Waals surface area contributed by atoms with Crippen molar-refractivity contribution in [1.29, 1.82) is 0 Å². The fourth-order valence-electron chi connectivity index (χ4n) is 0. The van der Waals surface area contributed by atoms with E-state index in [1.54, 1.807) is 0 Å². The summed E-state index contributed by atoms with van der Waals surface area (Å²) < 4.78 is 149. The second-order valence-electron chi connectivity index (χ2n) is 2.19. The van der Waals surface area contributed by atoms with Gasteiger partial charge in [-0.3, -0.25) is 0 Å². The van der Waals surface area contributed by atoms with Crippen molar-refractivity contribution in [1.82, 2.24) is 0 Å². The van der Waals surface area contributed by atoms with Crippen LogP contribution in [-0.2, 0) is 0 Å². The molecule has 1 atom stereocenters. The monoisotopic (exact) mass is 361 g/mol. The van der Waals surface area contributed by atoms with Crippen LogP contribution in [0.4, 0.5) is 65.0 Å². The first-order chi connectivity index (χ1) is 8.64. The van der Waals surface area contributed by atoms with Gasteiger partial charge in [0.1, 0.15) is 0 Å². The van der Waals surface area contributed by atoms with Crippen LogP contribution in [0.25, 0.3) is 0 Å². The van der Waals surface area contributed by atoms with Crippen LogP contribution in [0, 0.1) is 0 Å². The van der Waals surface area contributed by atoms with Gasteiger partial charge in [0, 0.05) is 0 Å². The van der Waals surface area contributed by atoms with Crippen LogP contribution < -0.4 is 0 Å². The molecule has 0 saturated heterocycles. The normalized spacial score (nSPS) is 13.0. The Bertz CT molecular complexity index is 162. The highest BCUT2D eigenvalue weighted by Crippen LogP contribution is 2.07. The average molecular weight is 360 g/mol. The largest absolute Gasteiger partial charge is 0.673 e. The molecule has 134 valence electrons. The predicted molar refractivity (Wildman–Crippen MR) is 43.7 cm³/mol. The third-order valence-corrected chi connectivity index (χ3v) is 0.208. The van der Waals surface area contributed by atoms with E-state index in [2.05, 4.69) is 0 Å². The minimum absolute atomic E-state index is 2.98. The number of alkyl halides is 3. The molecule has 0 spiro atoms. The first-order valence-electron chi connectivity index (χ1n) is 3.86. The zero-order valence-electron chi connectivity index (χ0n) is 9.00. The lowest BCUT2D eigenvalue weighted by Crippen LogP contribution is -2.08. The Kier molecular flexibility index (Phi) is 15.8. The van der Waals surface area contributed by atoms with Crippen LogP contribution in [0.15, 0.2) is 0 Å².